The van der Waals surface area contributed by atoms with Crippen LogP contribution in [0.15, 0.2) is 17.2 Å². The van der Waals surface area contributed by atoms with Crippen molar-refractivity contribution in [1.29, 1.82) is 0 Å². The van der Waals surface area contributed by atoms with Crippen LogP contribution in [0.4, 0.5) is 0 Å². The monoisotopic (exact) mass is 315 g/mol. The number of sulfonamides is 1. The molecule has 2 rings (SSSR count). The van der Waals surface area contributed by atoms with E-state index in [2.05, 4.69) is 10.0 Å². The minimum Gasteiger partial charge on any atom is -0.376 e. The number of ether oxygens (including phenoxy) is 1. The molecule has 1 aliphatic heterocycles. The molecule has 7 heteroatoms. The average Bonchev–Trinajstić information content (AvgIpc) is 2.91. The topological polar surface area (TPSA) is 72.4 Å². The van der Waals surface area contributed by atoms with Gasteiger partial charge in [-0.05, 0) is 32.9 Å². The standard InChI is InChI=1S/C14H25N3O3S/c1-5-15-9-12-8-13(10-17(12)4)21(18,19)16-14(3)6-7-20-11(14)2/h8,10-11,15-16H,5-7,9H2,1-4H3. The highest BCUT2D eigenvalue weighted by Gasteiger charge is 2.40. The van der Waals surface area contributed by atoms with E-state index in [4.69, 9.17) is 4.74 Å². The Morgan fingerprint density at radius 2 is 2.24 bits per heavy atom. The van der Waals surface area contributed by atoms with Crippen molar-refractivity contribution >= 4 is 10.0 Å². The van der Waals surface area contributed by atoms with Gasteiger partial charge in [-0.2, -0.15) is 0 Å². The molecule has 0 aliphatic carbocycles. The molecule has 1 fully saturated rings. The molecule has 0 bridgehead atoms. The highest BCUT2D eigenvalue weighted by Crippen LogP contribution is 2.27. The zero-order valence-corrected chi connectivity index (χ0v) is 14.0. The molecular weight excluding hydrogens is 290 g/mol. The first-order valence-corrected chi connectivity index (χ1v) is 8.78. The molecule has 21 heavy (non-hydrogen) atoms. The van der Waals surface area contributed by atoms with Crippen LogP contribution in [-0.2, 0) is 28.4 Å². The second-order valence-corrected chi connectivity index (χ2v) is 7.53. The first-order chi connectivity index (χ1) is 9.78. The molecule has 1 aliphatic rings. The van der Waals surface area contributed by atoms with E-state index < -0.39 is 15.6 Å². The summed E-state index contributed by atoms with van der Waals surface area (Å²) < 4.78 is 35.3. The maximum absolute atomic E-state index is 12.6. The van der Waals surface area contributed by atoms with E-state index in [0.29, 0.717) is 24.5 Å². The third kappa shape index (κ3) is 3.48. The quantitative estimate of drug-likeness (QED) is 0.821. The van der Waals surface area contributed by atoms with Crippen LogP contribution < -0.4 is 10.0 Å². The van der Waals surface area contributed by atoms with Crippen LogP contribution >= 0.6 is 0 Å². The first kappa shape index (κ1) is 16.5. The van der Waals surface area contributed by atoms with Crippen LogP contribution in [0.25, 0.3) is 0 Å². The molecule has 120 valence electrons. The van der Waals surface area contributed by atoms with Gasteiger partial charge in [0.1, 0.15) is 0 Å². The number of nitrogens with zero attached hydrogens (tertiary/aromatic N) is 1. The van der Waals surface area contributed by atoms with Crippen LogP contribution in [0.2, 0.25) is 0 Å². The summed E-state index contributed by atoms with van der Waals surface area (Å²) in [5.74, 6) is 0. The lowest BCUT2D eigenvalue weighted by Gasteiger charge is -2.28. The van der Waals surface area contributed by atoms with Crippen LogP contribution in [0.1, 0.15) is 32.9 Å². The molecule has 1 aromatic heterocycles. The molecule has 6 nitrogen and oxygen atoms in total. The van der Waals surface area contributed by atoms with Gasteiger partial charge >= 0.3 is 0 Å². The number of rotatable bonds is 6. The van der Waals surface area contributed by atoms with E-state index in [-0.39, 0.29) is 6.10 Å². The van der Waals surface area contributed by atoms with Crippen LogP contribution in [0, 0.1) is 0 Å². The Morgan fingerprint density at radius 3 is 2.81 bits per heavy atom. The van der Waals surface area contributed by atoms with Gasteiger partial charge in [-0.1, -0.05) is 6.92 Å². The van der Waals surface area contributed by atoms with E-state index in [9.17, 15) is 8.42 Å². The van der Waals surface area contributed by atoms with Crippen LogP contribution in [-0.4, -0.2) is 37.8 Å². The van der Waals surface area contributed by atoms with Gasteiger partial charge in [-0.25, -0.2) is 13.1 Å². The Labute approximate surface area is 126 Å². The van der Waals surface area contributed by atoms with Gasteiger partial charge < -0.3 is 14.6 Å². The van der Waals surface area contributed by atoms with Crippen molar-refractivity contribution in [3.8, 4) is 0 Å². The minimum absolute atomic E-state index is 0.128. The number of nitrogens with one attached hydrogen (secondary N) is 2. The largest absolute Gasteiger partial charge is 0.376 e. The van der Waals surface area contributed by atoms with Crippen molar-refractivity contribution in [2.45, 2.75) is 50.3 Å². The van der Waals surface area contributed by atoms with Gasteiger partial charge in [0.25, 0.3) is 0 Å². The van der Waals surface area contributed by atoms with Gasteiger partial charge in [-0.15, -0.1) is 0 Å². The summed E-state index contributed by atoms with van der Waals surface area (Å²) in [6, 6.07) is 1.72. The summed E-state index contributed by atoms with van der Waals surface area (Å²) in [7, 11) is -1.68. The van der Waals surface area contributed by atoms with Crippen LogP contribution in [0.5, 0.6) is 0 Å². The fourth-order valence-electron chi connectivity index (χ4n) is 2.49. The van der Waals surface area contributed by atoms with Crippen molar-refractivity contribution in [3.05, 3.63) is 18.0 Å². The van der Waals surface area contributed by atoms with E-state index in [1.165, 1.54) is 0 Å². The number of aryl methyl sites for hydroxylation is 1. The molecule has 2 atom stereocenters. The van der Waals surface area contributed by atoms with E-state index in [1.807, 2.05) is 32.4 Å². The lowest BCUT2D eigenvalue weighted by molar-refractivity contribution is 0.0957. The summed E-state index contributed by atoms with van der Waals surface area (Å²) in [5.41, 5.74) is 0.398. The SMILES string of the molecule is CCNCc1cc(S(=O)(=O)NC2(C)CCOC2C)cn1C. The van der Waals surface area contributed by atoms with Gasteiger partial charge in [0.2, 0.25) is 10.0 Å². The van der Waals surface area contributed by atoms with Gasteiger partial charge in [0.15, 0.2) is 0 Å². The highest BCUT2D eigenvalue weighted by atomic mass is 32.2. The number of aromatic nitrogens is 1. The van der Waals surface area contributed by atoms with E-state index in [1.54, 1.807) is 12.3 Å². The summed E-state index contributed by atoms with van der Waals surface area (Å²) in [5, 5.41) is 3.20. The zero-order chi connectivity index (χ0) is 15.7. The predicted octanol–water partition coefficient (Wildman–Crippen LogP) is 0.980. The highest BCUT2D eigenvalue weighted by molar-refractivity contribution is 7.89. The van der Waals surface area contributed by atoms with Crippen molar-refractivity contribution in [1.82, 2.24) is 14.6 Å². The fourth-order valence-corrected chi connectivity index (χ4v) is 4.08. The lowest BCUT2D eigenvalue weighted by Crippen LogP contribution is -2.50. The average molecular weight is 315 g/mol. The second-order valence-electron chi connectivity index (χ2n) is 5.84. The second kappa shape index (κ2) is 6.08. The first-order valence-electron chi connectivity index (χ1n) is 7.30. The fraction of sp³-hybridized carbons (Fsp3) is 0.714. The normalized spacial score (nSPS) is 26.4. The molecule has 2 N–H and O–H groups in total. The third-order valence-electron chi connectivity index (χ3n) is 4.20. The summed E-state index contributed by atoms with van der Waals surface area (Å²) in [4.78, 5) is 0.304. The molecule has 1 aromatic rings. The molecular formula is C14H25N3O3S. The molecule has 0 amide bonds. The zero-order valence-electron chi connectivity index (χ0n) is 13.1. The molecule has 2 unspecified atom stereocenters. The van der Waals surface area contributed by atoms with E-state index in [0.717, 1.165) is 12.2 Å². The van der Waals surface area contributed by atoms with Gasteiger partial charge in [-0.3, -0.25) is 0 Å². The molecule has 0 radical (unpaired) electrons. The smallest absolute Gasteiger partial charge is 0.242 e. The Morgan fingerprint density at radius 1 is 1.52 bits per heavy atom. The Kier molecular flexibility index (Phi) is 4.77. The third-order valence-corrected chi connectivity index (χ3v) is 5.78. The van der Waals surface area contributed by atoms with Gasteiger partial charge in [0.05, 0.1) is 16.5 Å². The Hall–Kier alpha value is -0.890. The maximum atomic E-state index is 12.6. The Balaban J connectivity index is 2.20. The van der Waals surface area contributed by atoms with Crippen LogP contribution in [0.3, 0.4) is 0 Å². The summed E-state index contributed by atoms with van der Waals surface area (Å²) in [6.45, 7) is 7.89. The molecule has 0 aromatic carbocycles. The lowest BCUT2D eigenvalue weighted by atomic mass is 9.97. The number of hydrogen-bond donors (Lipinski definition) is 2. The van der Waals surface area contributed by atoms with Gasteiger partial charge in [0, 0.05) is 32.1 Å². The van der Waals surface area contributed by atoms with Crippen molar-refractivity contribution in [2.24, 2.45) is 7.05 Å². The number of hydrogen-bond acceptors (Lipinski definition) is 4. The molecule has 1 saturated heterocycles. The van der Waals surface area contributed by atoms with Crippen molar-refractivity contribution in [2.75, 3.05) is 13.2 Å². The van der Waals surface area contributed by atoms with Crippen molar-refractivity contribution in [3.63, 3.8) is 0 Å². The summed E-state index contributed by atoms with van der Waals surface area (Å²) >= 11 is 0. The Bertz CT molecular complexity index is 597. The molecule has 2 heterocycles. The predicted molar refractivity (Wildman–Crippen MR) is 81.6 cm³/mol. The minimum atomic E-state index is -3.54. The summed E-state index contributed by atoms with van der Waals surface area (Å²) in [6.07, 6.45) is 2.21. The van der Waals surface area contributed by atoms with Crippen molar-refractivity contribution < 1.29 is 13.2 Å². The molecule has 0 spiro atoms. The maximum Gasteiger partial charge on any atom is 0.242 e. The van der Waals surface area contributed by atoms with E-state index >= 15 is 0 Å². The molecule has 0 saturated carbocycles.